The maximum Gasteiger partial charge on any atom is 0.293 e. The van der Waals surface area contributed by atoms with Crippen LogP contribution in [0.5, 0.6) is 0 Å². The molecule has 1 aromatic carbocycles. The molecule has 0 radical (unpaired) electrons. The third kappa shape index (κ3) is 3.61. The number of carbonyl (C=O) groups is 3. The highest BCUT2D eigenvalue weighted by molar-refractivity contribution is 6.44. The summed E-state index contributed by atoms with van der Waals surface area (Å²) in [5.74, 6) is -2.35. The monoisotopic (exact) mass is 426 g/mol. The molecule has 0 spiro atoms. The zero-order chi connectivity index (χ0) is 22.3. The van der Waals surface area contributed by atoms with Crippen LogP contribution in [0, 0.1) is 12.7 Å². The number of carbonyl (C=O) groups excluding carboxylic acids is 3. The molecule has 2 amide bonds. The van der Waals surface area contributed by atoms with Crippen LogP contribution in [0.3, 0.4) is 0 Å². The van der Waals surface area contributed by atoms with Crippen LogP contribution in [0.15, 0.2) is 36.2 Å². The molecule has 0 unspecified atom stereocenters. The van der Waals surface area contributed by atoms with E-state index in [1.165, 1.54) is 24.4 Å². The molecule has 9 heteroatoms. The Balaban J connectivity index is 1.63. The van der Waals surface area contributed by atoms with Crippen LogP contribution >= 0.6 is 0 Å². The number of nitrogens with one attached hydrogen (secondary N) is 2. The summed E-state index contributed by atoms with van der Waals surface area (Å²) < 4.78 is 15.3. The van der Waals surface area contributed by atoms with Gasteiger partial charge in [-0.05, 0) is 56.4 Å². The van der Waals surface area contributed by atoms with Crippen molar-refractivity contribution in [3.05, 3.63) is 64.5 Å². The summed E-state index contributed by atoms with van der Waals surface area (Å²) in [4.78, 5) is 38.8. The third-order valence-corrected chi connectivity index (χ3v) is 6.02. The second kappa shape index (κ2) is 7.66. The first-order valence-electron chi connectivity index (χ1n) is 10.2. The number of Topliss-reactive ketones (excluding diaryl/α,β-unsaturated/α-hetero) is 1. The van der Waals surface area contributed by atoms with Gasteiger partial charge in [-0.3, -0.25) is 14.4 Å². The van der Waals surface area contributed by atoms with E-state index < -0.39 is 29.0 Å². The van der Waals surface area contributed by atoms with E-state index in [-0.39, 0.29) is 5.56 Å². The van der Waals surface area contributed by atoms with Crippen molar-refractivity contribution in [2.24, 2.45) is 5.73 Å². The van der Waals surface area contributed by atoms with Gasteiger partial charge in [0, 0.05) is 17.9 Å². The smallest absolute Gasteiger partial charge is 0.293 e. The molecule has 2 aliphatic rings. The first kappa shape index (κ1) is 20.8. The number of quaternary nitrogens is 1. The normalized spacial score (nSPS) is 16.5. The predicted octanol–water partition coefficient (Wildman–Crippen LogP) is 1.01. The SMILES string of the molecule is Cc1c(C(=O)C(=O)NC2(C(N)=C[NH3+])CC2)c2n(c1C(=O)Nc1cccc(F)c1)CCC2. The van der Waals surface area contributed by atoms with E-state index >= 15 is 0 Å². The minimum Gasteiger partial charge on any atom is -0.396 e. The Labute approximate surface area is 178 Å². The number of nitrogens with two attached hydrogens (primary N) is 1. The van der Waals surface area contributed by atoms with Gasteiger partial charge in [-0.15, -0.1) is 0 Å². The minimum absolute atomic E-state index is 0.257. The van der Waals surface area contributed by atoms with E-state index in [4.69, 9.17) is 5.73 Å². The van der Waals surface area contributed by atoms with Crippen molar-refractivity contribution < 1.29 is 24.5 Å². The number of nitrogens with zero attached hydrogens (tertiary/aromatic N) is 1. The Hall–Kier alpha value is -3.46. The van der Waals surface area contributed by atoms with Gasteiger partial charge in [-0.25, -0.2) is 4.39 Å². The Morgan fingerprint density at radius 2 is 2.03 bits per heavy atom. The predicted molar refractivity (Wildman–Crippen MR) is 111 cm³/mol. The van der Waals surface area contributed by atoms with E-state index in [0.29, 0.717) is 54.1 Å². The van der Waals surface area contributed by atoms with Gasteiger partial charge in [-0.2, -0.15) is 0 Å². The highest BCUT2D eigenvalue weighted by Crippen LogP contribution is 2.40. The maximum atomic E-state index is 13.5. The van der Waals surface area contributed by atoms with Crippen molar-refractivity contribution in [1.29, 1.82) is 0 Å². The lowest BCUT2D eigenvalue weighted by molar-refractivity contribution is -0.276. The number of anilines is 1. The van der Waals surface area contributed by atoms with Gasteiger partial charge in [0.2, 0.25) is 0 Å². The lowest BCUT2D eigenvalue weighted by Gasteiger charge is -2.16. The zero-order valence-electron chi connectivity index (χ0n) is 17.3. The highest BCUT2D eigenvalue weighted by Gasteiger charge is 2.48. The van der Waals surface area contributed by atoms with Crippen molar-refractivity contribution in [3.8, 4) is 0 Å². The van der Waals surface area contributed by atoms with Crippen LogP contribution in [0.1, 0.15) is 51.4 Å². The van der Waals surface area contributed by atoms with Crippen molar-refractivity contribution in [3.63, 3.8) is 0 Å². The van der Waals surface area contributed by atoms with Gasteiger partial charge < -0.3 is 26.7 Å². The van der Waals surface area contributed by atoms with E-state index in [0.717, 1.165) is 6.42 Å². The Bertz CT molecular complexity index is 1130. The minimum atomic E-state index is -0.747. The summed E-state index contributed by atoms with van der Waals surface area (Å²) in [7, 11) is 0. The fraction of sp³-hybridized carbons (Fsp3) is 0.318. The number of halogens is 1. The van der Waals surface area contributed by atoms with Gasteiger partial charge in [-0.1, -0.05) is 6.07 Å². The largest absolute Gasteiger partial charge is 0.396 e. The molecule has 2 aromatic rings. The maximum absolute atomic E-state index is 13.5. The summed E-state index contributed by atoms with van der Waals surface area (Å²) in [5.41, 5.74) is 11.3. The molecule has 0 atom stereocenters. The van der Waals surface area contributed by atoms with Gasteiger partial charge >= 0.3 is 0 Å². The van der Waals surface area contributed by atoms with Crippen LogP contribution in [0.25, 0.3) is 0 Å². The van der Waals surface area contributed by atoms with Crippen LogP contribution in [0.2, 0.25) is 0 Å². The molecule has 1 aliphatic heterocycles. The van der Waals surface area contributed by atoms with Crippen molar-refractivity contribution in [2.45, 2.75) is 44.7 Å². The third-order valence-electron chi connectivity index (χ3n) is 6.02. The first-order chi connectivity index (χ1) is 14.8. The average Bonchev–Trinajstić information content (AvgIpc) is 3.26. The molecule has 0 saturated heterocycles. The molecule has 4 rings (SSSR count). The summed E-state index contributed by atoms with van der Waals surface area (Å²) in [6.07, 6.45) is 4.14. The molecule has 1 saturated carbocycles. The molecule has 162 valence electrons. The van der Waals surface area contributed by atoms with Gasteiger partial charge in [0.1, 0.15) is 17.7 Å². The molecule has 1 aliphatic carbocycles. The van der Waals surface area contributed by atoms with E-state index in [2.05, 4.69) is 16.4 Å². The summed E-state index contributed by atoms with van der Waals surface area (Å²) in [6.45, 7) is 2.22. The topological polar surface area (TPSA) is 134 Å². The first-order valence-corrected chi connectivity index (χ1v) is 10.2. The number of amides is 2. The van der Waals surface area contributed by atoms with Crippen molar-refractivity contribution in [2.75, 3.05) is 5.32 Å². The summed E-state index contributed by atoms with van der Waals surface area (Å²) in [5, 5.41) is 5.43. The molecule has 8 nitrogen and oxygen atoms in total. The number of hydrogen-bond acceptors (Lipinski definition) is 4. The highest BCUT2D eigenvalue weighted by atomic mass is 19.1. The number of hydrogen-bond donors (Lipinski definition) is 4. The molecular formula is C22H25FN5O3+. The van der Waals surface area contributed by atoms with Crippen LogP contribution < -0.4 is 22.1 Å². The van der Waals surface area contributed by atoms with Crippen LogP contribution in [-0.4, -0.2) is 27.7 Å². The number of aromatic nitrogens is 1. The Morgan fingerprint density at radius 3 is 2.68 bits per heavy atom. The fourth-order valence-corrected chi connectivity index (χ4v) is 4.26. The van der Waals surface area contributed by atoms with Crippen molar-refractivity contribution >= 4 is 23.3 Å². The summed E-state index contributed by atoms with van der Waals surface area (Å²) in [6, 6.07) is 5.59. The van der Waals surface area contributed by atoms with Crippen molar-refractivity contribution in [1.82, 2.24) is 9.88 Å². The Morgan fingerprint density at radius 1 is 1.29 bits per heavy atom. The standard InChI is InChI=1S/C22H24FN5O3/c1-12-17(19(29)21(31)27-22(7-8-22)16(25)11-24)15-6-3-9-28(15)18(12)20(30)26-14-5-2-4-13(23)10-14/h2,4-5,10-11H,3,6-9,24-25H2,1H3,(H,26,30)(H,27,31)/p+1. The van der Waals surface area contributed by atoms with Crippen LogP contribution in [0.4, 0.5) is 10.1 Å². The second-order valence-corrected chi connectivity index (χ2v) is 8.04. The zero-order valence-corrected chi connectivity index (χ0v) is 17.3. The molecular weight excluding hydrogens is 401 g/mol. The number of fused-ring (bicyclic) bond motifs is 1. The number of ketones is 1. The molecule has 0 bridgehead atoms. The average molecular weight is 426 g/mol. The molecule has 7 N–H and O–H groups in total. The van der Waals surface area contributed by atoms with Gasteiger partial charge in [0.15, 0.2) is 0 Å². The molecule has 1 aromatic heterocycles. The molecule has 31 heavy (non-hydrogen) atoms. The van der Waals surface area contributed by atoms with Gasteiger partial charge in [0.25, 0.3) is 17.6 Å². The molecule has 1 fully saturated rings. The van der Waals surface area contributed by atoms with Gasteiger partial charge in [0.05, 0.1) is 16.8 Å². The quantitative estimate of drug-likeness (QED) is 0.405. The number of rotatable bonds is 6. The summed E-state index contributed by atoms with van der Waals surface area (Å²) >= 11 is 0. The Kier molecular flexibility index (Phi) is 5.14. The second-order valence-electron chi connectivity index (χ2n) is 8.04. The van der Waals surface area contributed by atoms with E-state index in [1.54, 1.807) is 17.6 Å². The van der Waals surface area contributed by atoms with E-state index in [9.17, 15) is 18.8 Å². The molecule has 2 heterocycles. The fourth-order valence-electron chi connectivity index (χ4n) is 4.26. The van der Waals surface area contributed by atoms with Crippen LogP contribution in [-0.2, 0) is 17.8 Å². The lowest BCUT2D eigenvalue weighted by atomic mass is 10.0. The van der Waals surface area contributed by atoms with E-state index in [1.807, 2.05) is 0 Å². The number of benzene rings is 1. The lowest BCUT2D eigenvalue weighted by Crippen LogP contribution is -2.49.